The Morgan fingerprint density at radius 1 is 1.36 bits per heavy atom. The maximum Gasteiger partial charge on any atom is 0.175 e. The Morgan fingerprint density at radius 2 is 2.14 bits per heavy atom. The summed E-state index contributed by atoms with van der Waals surface area (Å²) in [5.41, 5.74) is 2.58. The van der Waals surface area contributed by atoms with Gasteiger partial charge in [0, 0.05) is 6.04 Å². The number of thiazole rings is 1. The van der Waals surface area contributed by atoms with Gasteiger partial charge >= 0.3 is 0 Å². The van der Waals surface area contributed by atoms with Crippen LogP contribution in [0.5, 0.6) is 0 Å². The molecular weight excluding hydrogens is 196 g/mol. The van der Waals surface area contributed by atoms with Crippen LogP contribution in [0.25, 0.3) is 10.3 Å². The van der Waals surface area contributed by atoms with E-state index in [4.69, 9.17) is 0 Å². The van der Waals surface area contributed by atoms with Crippen LogP contribution in [0.15, 0.2) is 5.51 Å². The minimum absolute atomic E-state index is 0.370. The highest BCUT2D eigenvalue weighted by Crippen LogP contribution is 2.23. The highest BCUT2D eigenvalue weighted by Gasteiger charge is 2.08. The van der Waals surface area contributed by atoms with Crippen molar-refractivity contribution in [3.8, 4) is 0 Å². The molecule has 74 valence electrons. The molecular formula is C9H12N4S. The second kappa shape index (κ2) is 3.49. The highest BCUT2D eigenvalue weighted by molar-refractivity contribution is 7.17. The van der Waals surface area contributed by atoms with E-state index in [1.54, 1.807) is 16.8 Å². The van der Waals surface area contributed by atoms with E-state index in [1.807, 2.05) is 6.92 Å². The molecule has 0 unspecified atom stereocenters. The van der Waals surface area contributed by atoms with Gasteiger partial charge in [-0.2, -0.15) is 0 Å². The first-order valence-corrected chi connectivity index (χ1v) is 5.39. The summed E-state index contributed by atoms with van der Waals surface area (Å²) in [6.45, 7) is 6.05. The Morgan fingerprint density at radius 3 is 2.86 bits per heavy atom. The van der Waals surface area contributed by atoms with Crippen molar-refractivity contribution in [2.24, 2.45) is 0 Å². The van der Waals surface area contributed by atoms with Crippen LogP contribution in [0.2, 0.25) is 0 Å². The normalized spacial score (nSPS) is 11.1. The smallest absolute Gasteiger partial charge is 0.175 e. The van der Waals surface area contributed by atoms with E-state index in [1.165, 1.54) is 0 Å². The molecule has 0 aliphatic carbocycles. The molecule has 0 saturated carbocycles. The molecule has 0 fully saturated rings. The molecule has 2 heterocycles. The zero-order chi connectivity index (χ0) is 10.1. The van der Waals surface area contributed by atoms with Gasteiger partial charge in [0.05, 0.1) is 5.51 Å². The van der Waals surface area contributed by atoms with E-state index in [9.17, 15) is 0 Å². The quantitative estimate of drug-likeness (QED) is 0.822. The molecule has 0 aliphatic rings. The van der Waals surface area contributed by atoms with Gasteiger partial charge in [-0.25, -0.2) is 15.0 Å². The number of anilines is 1. The number of hydrogen-bond acceptors (Lipinski definition) is 5. The molecule has 0 aliphatic heterocycles. The van der Waals surface area contributed by atoms with Crippen LogP contribution < -0.4 is 5.32 Å². The molecule has 0 saturated heterocycles. The zero-order valence-corrected chi connectivity index (χ0v) is 9.22. The molecule has 1 N–H and O–H groups in total. The number of nitrogens with one attached hydrogen (secondary N) is 1. The Hall–Kier alpha value is -1.23. The van der Waals surface area contributed by atoms with Crippen LogP contribution in [0, 0.1) is 6.92 Å². The molecule has 0 bridgehead atoms. The van der Waals surface area contributed by atoms with Crippen molar-refractivity contribution in [1.29, 1.82) is 0 Å². The third-order valence-electron chi connectivity index (χ3n) is 1.73. The number of aromatic nitrogens is 3. The van der Waals surface area contributed by atoms with E-state index in [0.29, 0.717) is 6.04 Å². The number of fused-ring (bicyclic) bond motifs is 1. The lowest BCUT2D eigenvalue weighted by molar-refractivity contribution is 0.886. The van der Waals surface area contributed by atoms with Crippen molar-refractivity contribution < 1.29 is 0 Å². The first-order valence-electron chi connectivity index (χ1n) is 4.51. The molecule has 0 aromatic carbocycles. The van der Waals surface area contributed by atoms with Gasteiger partial charge in [0.1, 0.15) is 16.3 Å². The van der Waals surface area contributed by atoms with Crippen LogP contribution in [0.3, 0.4) is 0 Å². The molecule has 0 atom stereocenters. The standard InChI is InChI=1S/C9H12N4S/c1-5(2)11-9-7-8(10-4-14-7)12-6(3)13-9/h4-5H,1-3H3,(H,11,12,13). The van der Waals surface area contributed by atoms with Gasteiger partial charge in [-0.15, -0.1) is 11.3 Å². The van der Waals surface area contributed by atoms with E-state index in [2.05, 4.69) is 34.1 Å². The number of rotatable bonds is 2. The fourth-order valence-corrected chi connectivity index (χ4v) is 1.92. The Balaban J connectivity index is 2.55. The van der Waals surface area contributed by atoms with E-state index >= 15 is 0 Å². The largest absolute Gasteiger partial charge is 0.367 e. The van der Waals surface area contributed by atoms with Gasteiger partial charge in [-0.05, 0) is 20.8 Å². The van der Waals surface area contributed by atoms with Gasteiger partial charge in [0.15, 0.2) is 5.65 Å². The maximum atomic E-state index is 4.36. The van der Waals surface area contributed by atoms with Gasteiger partial charge in [0.25, 0.3) is 0 Å². The Kier molecular flexibility index (Phi) is 2.33. The third-order valence-corrected chi connectivity index (χ3v) is 2.55. The van der Waals surface area contributed by atoms with Crippen molar-refractivity contribution in [3.05, 3.63) is 11.3 Å². The molecule has 0 amide bonds. The lowest BCUT2D eigenvalue weighted by atomic mass is 10.4. The molecule has 2 rings (SSSR count). The summed E-state index contributed by atoms with van der Waals surface area (Å²) in [6.07, 6.45) is 0. The van der Waals surface area contributed by atoms with Crippen molar-refractivity contribution in [2.75, 3.05) is 5.32 Å². The lowest BCUT2D eigenvalue weighted by Crippen LogP contribution is -2.11. The average Bonchev–Trinajstić information content (AvgIpc) is 2.50. The van der Waals surface area contributed by atoms with Crippen LogP contribution in [0.4, 0.5) is 5.82 Å². The number of nitrogens with zero attached hydrogens (tertiary/aromatic N) is 3. The van der Waals surface area contributed by atoms with E-state index in [-0.39, 0.29) is 0 Å². The first-order chi connectivity index (χ1) is 6.66. The maximum absolute atomic E-state index is 4.36. The zero-order valence-electron chi connectivity index (χ0n) is 8.40. The van der Waals surface area contributed by atoms with Crippen molar-refractivity contribution in [1.82, 2.24) is 15.0 Å². The molecule has 14 heavy (non-hydrogen) atoms. The second-order valence-corrected chi connectivity index (χ2v) is 4.28. The lowest BCUT2D eigenvalue weighted by Gasteiger charge is -2.09. The van der Waals surface area contributed by atoms with Gasteiger partial charge in [-0.1, -0.05) is 0 Å². The fourth-order valence-electron chi connectivity index (χ4n) is 1.24. The van der Waals surface area contributed by atoms with Gasteiger partial charge < -0.3 is 5.32 Å². The monoisotopic (exact) mass is 208 g/mol. The summed E-state index contributed by atoms with van der Waals surface area (Å²) < 4.78 is 1.03. The van der Waals surface area contributed by atoms with Crippen LogP contribution in [0.1, 0.15) is 19.7 Å². The number of hydrogen-bond donors (Lipinski definition) is 1. The molecule has 0 radical (unpaired) electrons. The summed E-state index contributed by atoms with van der Waals surface area (Å²) >= 11 is 1.57. The summed E-state index contributed by atoms with van der Waals surface area (Å²) in [5.74, 6) is 1.65. The SMILES string of the molecule is Cc1nc(NC(C)C)c2scnc2n1. The molecule has 0 spiro atoms. The minimum atomic E-state index is 0.370. The minimum Gasteiger partial charge on any atom is -0.367 e. The summed E-state index contributed by atoms with van der Waals surface area (Å²) in [7, 11) is 0. The van der Waals surface area contributed by atoms with Gasteiger partial charge in [0.2, 0.25) is 0 Å². The van der Waals surface area contributed by atoms with E-state index in [0.717, 1.165) is 22.0 Å². The van der Waals surface area contributed by atoms with Crippen molar-refractivity contribution in [2.45, 2.75) is 26.8 Å². The van der Waals surface area contributed by atoms with Crippen LogP contribution in [-0.2, 0) is 0 Å². The summed E-state index contributed by atoms with van der Waals surface area (Å²) in [4.78, 5) is 12.8. The summed E-state index contributed by atoms with van der Waals surface area (Å²) in [6, 6.07) is 0.370. The fraction of sp³-hybridized carbons (Fsp3) is 0.444. The summed E-state index contributed by atoms with van der Waals surface area (Å²) in [5, 5.41) is 3.29. The molecule has 5 heteroatoms. The Bertz CT molecular complexity index is 449. The average molecular weight is 208 g/mol. The Labute approximate surface area is 86.4 Å². The predicted octanol–water partition coefficient (Wildman–Crippen LogP) is 2.22. The van der Waals surface area contributed by atoms with Crippen LogP contribution >= 0.6 is 11.3 Å². The molecule has 2 aromatic rings. The van der Waals surface area contributed by atoms with Gasteiger partial charge in [-0.3, -0.25) is 0 Å². The topological polar surface area (TPSA) is 50.7 Å². The first kappa shape index (κ1) is 9.33. The van der Waals surface area contributed by atoms with Crippen LogP contribution in [-0.4, -0.2) is 21.0 Å². The predicted molar refractivity (Wildman–Crippen MR) is 58.7 cm³/mol. The van der Waals surface area contributed by atoms with Crippen molar-refractivity contribution >= 4 is 27.5 Å². The third kappa shape index (κ3) is 1.68. The molecule has 4 nitrogen and oxygen atoms in total. The molecule has 2 aromatic heterocycles. The second-order valence-electron chi connectivity index (χ2n) is 3.42. The number of aryl methyl sites for hydroxylation is 1. The van der Waals surface area contributed by atoms with E-state index < -0.39 is 0 Å². The van der Waals surface area contributed by atoms with Crippen molar-refractivity contribution in [3.63, 3.8) is 0 Å². The highest BCUT2D eigenvalue weighted by atomic mass is 32.1.